The molecule has 2 N–H and O–H groups in total. The van der Waals surface area contributed by atoms with Gasteiger partial charge in [0.15, 0.2) is 0 Å². The Morgan fingerprint density at radius 3 is 2.67 bits per heavy atom. The minimum atomic E-state index is 0.115. The van der Waals surface area contributed by atoms with Gasteiger partial charge in [-0.1, -0.05) is 32.1 Å². The van der Waals surface area contributed by atoms with Crippen LogP contribution >= 0.6 is 11.8 Å². The van der Waals surface area contributed by atoms with E-state index < -0.39 is 0 Å². The summed E-state index contributed by atoms with van der Waals surface area (Å²) in [5, 5.41) is 0.705. The molecule has 3 aliphatic rings. The zero-order valence-corrected chi connectivity index (χ0v) is 14.0. The highest BCUT2D eigenvalue weighted by molar-refractivity contribution is 8.00. The van der Waals surface area contributed by atoms with E-state index in [1.54, 1.807) is 0 Å². The third-order valence-corrected chi connectivity index (χ3v) is 7.32. The van der Waals surface area contributed by atoms with Crippen LogP contribution in [0.1, 0.15) is 64.2 Å². The molecule has 120 valence electrons. The fourth-order valence-electron chi connectivity index (χ4n) is 4.58. The van der Waals surface area contributed by atoms with Gasteiger partial charge in [-0.25, -0.2) is 0 Å². The van der Waals surface area contributed by atoms with Gasteiger partial charge < -0.3 is 10.6 Å². The van der Waals surface area contributed by atoms with E-state index in [9.17, 15) is 4.79 Å². The largest absolute Gasteiger partial charge is 0.338 e. The Morgan fingerprint density at radius 2 is 1.90 bits per heavy atom. The topological polar surface area (TPSA) is 46.3 Å². The van der Waals surface area contributed by atoms with E-state index in [0.717, 1.165) is 25.1 Å². The number of hydrogen-bond donors (Lipinski definition) is 1. The van der Waals surface area contributed by atoms with Crippen LogP contribution in [0.5, 0.6) is 0 Å². The van der Waals surface area contributed by atoms with Crippen LogP contribution in [0.25, 0.3) is 0 Å². The number of thioether (sulfide) groups is 1. The average Bonchev–Trinajstić information content (AvgIpc) is 2.55. The number of amides is 1. The first-order valence-corrected chi connectivity index (χ1v) is 9.90. The second-order valence-electron chi connectivity index (χ2n) is 7.29. The van der Waals surface area contributed by atoms with Crippen LogP contribution in [-0.2, 0) is 4.79 Å². The van der Waals surface area contributed by atoms with Gasteiger partial charge in [0.1, 0.15) is 0 Å². The number of carbonyl (C=O) groups excluding carboxylic acids is 1. The highest BCUT2D eigenvalue weighted by Crippen LogP contribution is 2.41. The van der Waals surface area contributed by atoms with Gasteiger partial charge in [-0.15, -0.1) is 0 Å². The van der Waals surface area contributed by atoms with Crippen LogP contribution in [-0.4, -0.2) is 40.9 Å². The highest BCUT2D eigenvalue weighted by atomic mass is 32.2. The monoisotopic (exact) mass is 310 g/mol. The van der Waals surface area contributed by atoms with Gasteiger partial charge in [0.25, 0.3) is 0 Å². The van der Waals surface area contributed by atoms with Crippen molar-refractivity contribution in [3.8, 4) is 0 Å². The number of fused-ring (bicyclic) bond motifs is 1. The van der Waals surface area contributed by atoms with Gasteiger partial charge >= 0.3 is 0 Å². The molecule has 2 saturated carbocycles. The lowest BCUT2D eigenvalue weighted by Crippen LogP contribution is -2.53. The van der Waals surface area contributed by atoms with Crippen molar-refractivity contribution >= 4 is 17.7 Å². The van der Waals surface area contributed by atoms with Crippen molar-refractivity contribution in [3.05, 3.63) is 0 Å². The number of carbonyl (C=O) groups is 1. The van der Waals surface area contributed by atoms with Crippen LogP contribution in [0, 0.1) is 5.41 Å². The molecule has 0 radical (unpaired) electrons. The van der Waals surface area contributed by atoms with Crippen LogP contribution < -0.4 is 5.73 Å². The molecular formula is C17H30N2OS. The summed E-state index contributed by atoms with van der Waals surface area (Å²) in [6.45, 7) is 1.65. The summed E-state index contributed by atoms with van der Waals surface area (Å²) < 4.78 is 0. The van der Waals surface area contributed by atoms with E-state index in [2.05, 4.69) is 16.7 Å². The smallest absolute Gasteiger partial charge is 0.223 e. The first kappa shape index (κ1) is 15.7. The van der Waals surface area contributed by atoms with Crippen molar-refractivity contribution in [1.82, 2.24) is 4.90 Å². The standard InChI is InChI=1S/C17H30N2OS/c18-13-17(8-4-1-5-9-17)12-16(20)19-10-11-21-15-7-3-2-6-14(15)19/h14-15H,1-13,18H2. The highest BCUT2D eigenvalue weighted by Gasteiger charge is 2.40. The fraction of sp³-hybridized carbons (Fsp3) is 0.941. The van der Waals surface area contributed by atoms with Crippen LogP contribution in [0.15, 0.2) is 0 Å². The molecule has 0 spiro atoms. The van der Waals surface area contributed by atoms with Crippen molar-refractivity contribution in [2.75, 3.05) is 18.8 Å². The summed E-state index contributed by atoms with van der Waals surface area (Å²) in [4.78, 5) is 15.2. The minimum absolute atomic E-state index is 0.115. The van der Waals surface area contributed by atoms with Crippen molar-refractivity contribution in [2.45, 2.75) is 75.5 Å². The van der Waals surface area contributed by atoms with E-state index in [1.807, 2.05) is 0 Å². The summed E-state index contributed by atoms with van der Waals surface area (Å²) in [7, 11) is 0. The molecule has 3 nitrogen and oxygen atoms in total. The molecule has 2 unspecified atom stereocenters. The summed E-state index contributed by atoms with van der Waals surface area (Å²) >= 11 is 2.10. The Kier molecular flexibility index (Phi) is 5.15. The maximum absolute atomic E-state index is 12.9. The van der Waals surface area contributed by atoms with Crippen molar-refractivity contribution in [3.63, 3.8) is 0 Å². The molecule has 0 aromatic heterocycles. The Bertz CT molecular complexity index is 366. The van der Waals surface area contributed by atoms with Gasteiger partial charge in [0.05, 0.1) is 0 Å². The molecule has 1 saturated heterocycles. The van der Waals surface area contributed by atoms with Crippen LogP contribution in [0.3, 0.4) is 0 Å². The van der Waals surface area contributed by atoms with Gasteiger partial charge in [-0.2, -0.15) is 11.8 Å². The molecule has 0 aromatic rings. The Hall–Kier alpha value is -0.220. The molecule has 3 fully saturated rings. The van der Waals surface area contributed by atoms with Gasteiger partial charge in [0.2, 0.25) is 5.91 Å². The van der Waals surface area contributed by atoms with Crippen molar-refractivity contribution in [1.29, 1.82) is 0 Å². The Morgan fingerprint density at radius 1 is 1.14 bits per heavy atom. The molecule has 0 bridgehead atoms. The lowest BCUT2D eigenvalue weighted by atomic mass is 9.71. The molecule has 0 aromatic carbocycles. The van der Waals surface area contributed by atoms with Gasteiger partial charge in [-0.3, -0.25) is 4.79 Å². The normalized spacial score (nSPS) is 32.5. The molecule has 4 heteroatoms. The first-order valence-electron chi connectivity index (χ1n) is 8.85. The molecule has 1 heterocycles. The molecule has 1 amide bonds. The van der Waals surface area contributed by atoms with Crippen molar-refractivity contribution in [2.24, 2.45) is 11.1 Å². The van der Waals surface area contributed by atoms with Crippen LogP contribution in [0.2, 0.25) is 0 Å². The quantitative estimate of drug-likeness (QED) is 0.871. The average molecular weight is 311 g/mol. The van der Waals surface area contributed by atoms with E-state index >= 15 is 0 Å². The Balaban J connectivity index is 1.65. The van der Waals surface area contributed by atoms with E-state index in [4.69, 9.17) is 5.73 Å². The fourth-order valence-corrected chi connectivity index (χ4v) is 6.03. The lowest BCUT2D eigenvalue weighted by Gasteiger charge is -2.45. The maximum Gasteiger partial charge on any atom is 0.223 e. The molecule has 2 aliphatic carbocycles. The number of hydrogen-bond acceptors (Lipinski definition) is 3. The summed E-state index contributed by atoms with van der Waals surface area (Å²) in [6.07, 6.45) is 12.0. The third kappa shape index (κ3) is 3.42. The third-order valence-electron chi connectivity index (χ3n) is 5.93. The molecule has 2 atom stereocenters. The second-order valence-corrected chi connectivity index (χ2v) is 8.64. The zero-order chi connectivity index (χ0) is 14.7. The van der Waals surface area contributed by atoms with Gasteiger partial charge in [0, 0.05) is 30.0 Å². The summed E-state index contributed by atoms with van der Waals surface area (Å²) in [5.74, 6) is 1.53. The predicted octanol–water partition coefficient (Wildman–Crippen LogP) is 3.17. The first-order chi connectivity index (χ1) is 10.2. The van der Waals surface area contributed by atoms with E-state index in [0.29, 0.717) is 30.2 Å². The number of nitrogens with two attached hydrogens (primary N) is 1. The van der Waals surface area contributed by atoms with Crippen molar-refractivity contribution < 1.29 is 4.79 Å². The van der Waals surface area contributed by atoms with Crippen LogP contribution in [0.4, 0.5) is 0 Å². The molecule has 21 heavy (non-hydrogen) atoms. The van der Waals surface area contributed by atoms with Gasteiger partial charge in [-0.05, 0) is 37.6 Å². The Labute approximate surface area is 133 Å². The van der Waals surface area contributed by atoms with E-state index in [1.165, 1.54) is 44.9 Å². The summed E-state index contributed by atoms with van der Waals surface area (Å²) in [5.41, 5.74) is 6.19. The number of nitrogens with zero attached hydrogens (tertiary/aromatic N) is 1. The predicted molar refractivity (Wildman–Crippen MR) is 89.4 cm³/mol. The minimum Gasteiger partial charge on any atom is -0.338 e. The van der Waals surface area contributed by atoms with E-state index in [-0.39, 0.29) is 5.41 Å². The zero-order valence-electron chi connectivity index (χ0n) is 13.2. The second kappa shape index (κ2) is 6.91. The summed E-state index contributed by atoms with van der Waals surface area (Å²) in [6, 6.07) is 0.517. The SMILES string of the molecule is NCC1(CC(=O)N2CCSC3CCCCC32)CCCCC1. The molecular weight excluding hydrogens is 280 g/mol. The maximum atomic E-state index is 12.9. The molecule has 1 aliphatic heterocycles. The number of rotatable bonds is 3. The lowest BCUT2D eigenvalue weighted by molar-refractivity contribution is -0.137. The molecule has 3 rings (SSSR count).